The number of hydrogen-bond donors (Lipinski definition) is 1. The summed E-state index contributed by atoms with van der Waals surface area (Å²) in [5, 5.41) is 4.65. The molecule has 3 fully saturated rings. The number of piperidine rings is 1. The predicted molar refractivity (Wildman–Crippen MR) is 71.6 cm³/mol. The maximum atomic E-state index is 12.5. The lowest BCUT2D eigenvalue weighted by Gasteiger charge is -2.31. The van der Waals surface area contributed by atoms with E-state index in [1.807, 2.05) is 0 Å². The van der Waals surface area contributed by atoms with E-state index in [-0.39, 0.29) is 11.8 Å². The van der Waals surface area contributed by atoms with Crippen molar-refractivity contribution in [1.82, 2.24) is 4.90 Å². The monoisotopic (exact) mass is 286 g/mol. The van der Waals surface area contributed by atoms with E-state index in [9.17, 15) is 13.2 Å². The van der Waals surface area contributed by atoms with Crippen molar-refractivity contribution < 1.29 is 13.2 Å². The van der Waals surface area contributed by atoms with Crippen LogP contribution >= 0.6 is 0 Å². The lowest BCUT2D eigenvalue weighted by molar-refractivity contribution is -0.134. The van der Waals surface area contributed by atoms with E-state index in [4.69, 9.17) is 5.14 Å². The highest BCUT2D eigenvalue weighted by atomic mass is 32.2. The maximum absolute atomic E-state index is 12.5. The first-order chi connectivity index (χ1) is 8.98. The Hall–Kier alpha value is -0.620. The third kappa shape index (κ3) is 2.52. The van der Waals surface area contributed by atoms with Gasteiger partial charge in [-0.1, -0.05) is 12.8 Å². The van der Waals surface area contributed by atoms with Crippen molar-refractivity contribution in [3.8, 4) is 0 Å². The minimum Gasteiger partial charge on any atom is -0.341 e. The van der Waals surface area contributed by atoms with Crippen molar-refractivity contribution in [1.29, 1.82) is 0 Å². The Bertz CT molecular complexity index is 464. The van der Waals surface area contributed by atoms with Crippen LogP contribution in [0.2, 0.25) is 0 Å². The summed E-state index contributed by atoms with van der Waals surface area (Å²) >= 11 is 0. The molecule has 1 saturated heterocycles. The SMILES string of the molecule is NS(=O)(=O)C1CCCN(C(=O)C2C3CCCCC32)C1. The summed E-state index contributed by atoms with van der Waals surface area (Å²) < 4.78 is 22.9. The Morgan fingerprint density at radius 2 is 1.68 bits per heavy atom. The molecule has 1 aliphatic heterocycles. The number of nitrogens with zero attached hydrogens (tertiary/aromatic N) is 1. The van der Waals surface area contributed by atoms with Gasteiger partial charge in [0, 0.05) is 19.0 Å². The van der Waals surface area contributed by atoms with Gasteiger partial charge in [-0.15, -0.1) is 0 Å². The molecule has 5 nitrogen and oxygen atoms in total. The maximum Gasteiger partial charge on any atom is 0.226 e. The fourth-order valence-corrected chi connectivity index (χ4v) is 4.86. The first-order valence-corrected chi connectivity index (χ1v) is 8.90. The number of carbonyl (C=O) groups excluding carboxylic acids is 1. The summed E-state index contributed by atoms with van der Waals surface area (Å²) in [6.07, 6.45) is 6.16. The van der Waals surface area contributed by atoms with Gasteiger partial charge in [-0.05, 0) is 37.5 Å². The van der Waals surface area contributed by atoms with E-state index in [2.05, 4.69) is 0 Å². The van der Waals surface area contributed by atoms with Gasteiger partial charge in [0.25, 0.3) is 0 Å². The van der Waals surface area contributed by atoms with Crippen LogP contribution in [0.3, 0.4) is 0 Å². The number of fused-ring (bicyclic) bond motifs is 1. The zero-order valence-electron chi connectivity index (χ0n) is 11.1. The van der Waals surface area contributed by atoms with Crippen LogP contribution in [0.5, 0.6) is 0 Å². The molecule has 0 radical (unpaired) electrons. The Labute approximate surface area is 114 Å². The molecule has 3 rings (SSSR count). The number of amides is 1. The summed E-state index contributed by atoms with van der Waals surface area (Å²) in [4.78, 5) is 14.2. The van der Waals surface area contributed by atoms with Gasteiger partial charge in [0.2, 0.25) is 15.9 Å². The average molecular weight is 286 g/mol. The van der Waals surface area contributed by atoms with Gasteiger partial charge in [0.1, 0.15) is 0 Å². The van der Waals surface area contributed by atoms with Crippen LogP contribution in [0.1, 0.15) is 38.5 Å². The van der Waals surface area contributed by atoms with E-state index in [0.717, 1.165) is 6.42 Å². The van der Waals surface area contributed by atoms with E-state index in [1.165, 1.54) is 25.7 Å². The normalized spacial score (nSPS) is 38.7. The van der Waals surface area contributed by atoms with Crippen LogP contribution in [0.25, 0.3) is 0 Å². The third-order valence-electron chi connectivity index (χ3n) is 5.10. The van der Waals surface area contributed by atoms with Crippen LogP contribution in [-0.2, 0) is 14.8 Å². The smallest absolute Gasteiger partial charge is 0.226 e. The first-order valence-electron chi connectivity index (χ1n) is 7.29. The van der Waals surface area contributed by atoms with Crippen molar-refractivity contribution in [3.05, 3.63) is 0 Å². The molecule has 0 aromatic rings. The molecule has 0 aromatic heterocycles. The van der Waals surface area contributed by atoms with Gasteiger partial charge >= 0.3 is 0 Å². The molecular formula is C13H22N2O3S. The molecule has 6 heteroatoms. The van der Waals surface area contributed by atoms with Gasteiger partial charge in [-0.3, -0.25) is 4.79 Å². The molecule has 108 valence electrons. The van der Waals surface area contributed by atoms with Gasteiger partial charge in [0.05, 0.1) is 5.25 Å². The molecular weight excluding hydrogens is 264 g/mol. The van der Waals surface area contributed by atoms with Crippen molar-refractivity contribution in [2.75, 3.05) is 13.1 Å². The fraction of sp³-hybridized carbons (Fsp3) is 0.923. The molecule has 1 amide bonds. The molecule has 2 saturated carbocycles. The highest BCUT2D eigenvalue weighted by Crippen LogP contribution is 2.56. The van der Waals surface area contributed by atoms with Gasteiger partial charge < -0.3 is 4.90 Å². The minimum absolute atomic E-state index is 0.182. The quantitative estimate of drug-likeness (QED) is 0.811. The number of hydrogen-bond acceptors (Lipinski definition) is 3. The molecule has 2 aliphatic carbocycles. The lowest BCUT2D eigenvalue weighted by Crippen LogP contribution is -2.47. The van der Waals surface area contributed by atoms with Crippen molar-refractivity contribution >= 4 is 15.9 Å². The number of likely N-dealkylation sites (tertiary alicyclic amines) is 1. The second kappa shape index (κ2) is 4.74. The van der Waals surface area contributed by atoms with E-state index in [1.54, 1.807) is 4.90 Å². The molecule has 0 aromatic carbocycles. The highest BCUT2D eigenvalue weighted by molar-refractivity contribution is 7.89. The molecule has 0 bridgehead atoms. The van der Waals surface area contributed by atoms with Crippen LogP contribution in [0, 0.1) is 17.8 Å². The second-order valence-corrected chi connectivity index (χ2v) is 8.12. The molecule has 0 spiro atoms. The van der Waals surface area contributed by atoms with Crippen LogP contribution in [0.15, 0.2) is 0 Å². The Morgan fingerprint density at radius 1 is 1.05 bits per heavy atom. The number of rotatable bonds is 2. The standard InChI is InChI=1S/C13H22N2O3S/c14-19(17,18)9-4-3-7-15(8-9)13(16)12-10-5-1-2-6-11(10)12/h9-12H,1-8H2,(H2,14,17,18). The number of primary sulfonamides is 1. The van der Waals surface area contributed by atoms with E-state index >= 15 is 0 Å². The summed E-state index contributed by atoms with van der Waals surface area (Å²) in [6.45, 7) is 0.994. The first kappa shape index (κ1) is 13.4. The average Bonchev–Trinajstić information content (AvgIpc) is 3.11. The molecule has 1 heterocycles. The lowest BCUT2D eigenvalue weighted by atomic mass is 10.0. The van der Waals surface area contributed by atoms with Gasteiger partial charge in [-0.2, -0.15) is 0 Å². The fourth-order valence-electron chi connectivity index (χ4n) is 3.98. The summed E-state index contributed by atoms with van der Waals surface area (Å²) in [5.41, 5.74) is 0. The van der Waals surface area contributed by atoms with Gasteiger partial charge in [-0.25, -0.2) is 13.6 Å². The predicted octanol–water partition coefficient (Wildman–Crippen LogP) is 0.702. The molecule has 3 unspecified atom stereocenters. The van der Waals surface area contributed by atoms with E-state index in [0.29, 0.717) is 31.3 Å². The second-order valence-electron chi connectivity index (χ2n) is 6.28. The number of sulfonamides is 1. The summed E-state index contributed by atoms with van der Waals surface area (Å²) in [5.74, 6) is 1.53. The summed E-state index contributed by atoms with van der Waals surface area (Å²) in [7, 11) is -3.52. The van der Waals surface area contributed by atoms with Crippen molar-refractivity contribution in [2.24, 2.45) is 22.9 Å². The zero-order valence-corrected chi connectivity index (χ0v) is 11.9. The topological polar surface area (TPSA) is 80.5 Å². The Balaban J connectivity index is 1.64. The Kier molecular flexibility index (Phi) is 3.33. The Morgan fingerprint density at radius 3 is 2.26 bits per heavy atom. The van der Waals surface area contributed by atoms with Crippen LogP contribution in [-0.4, -0.2) is 37.6 Å². The van der Waals surface area contributed by atoms with Gasteiger partial charge in [0.15, 0.2) is 0 Å². The molecule has 19 heavy (non-hydrogen) atoms. The van der Waals surface area contributed by atoms with Crippen LogP contribution < -0.4 is 5.14 Å². The van der Waals surface area contributed by atoms with Crippen LogP contribution in [0.4, 0.5) is 0 Å². The number of carbonyl (C=O) groups is 1. The largest absolute Gasteiger partial charge is 0.341 e. The zero-order chi connectivity index (χ0) is 13.6. The number of nitrogens with two attached hydrogens (primary N) is 1. The molecule has 2 N–H and O–H groups in total. The van der Waals surface area contributed by atoms with Crippen molar-refractivity contribution in [2.45, 2.75) is 43.8 Å². The molecule has 3 aliphatic rings. The van der Waals surface area contributed by atoms with E-state index < -0.39 is 15.3 Å². The van der Waals surface area contributed by atoms with Crippen molar-refractivity contribution in [3.63, 3.8) is 0 Å². The third-order valence-corrected chi connectivity index (χ3v) is 6.41. The highest BCUT2D eigenvalue weighted by Gasteiger charge is 2.56. The summed E-state index contributed by atoms with van der Waals surface area (Å²) in [6, 6.07) is 0. The minimum atomic E-state index is -3.52. The molecule has 3 atom stereocenters.